The SMILES string of the molecule is CC1OCOC1CCl. The van der Waals surface area contributed by atoms with Crippen molar-refractivity contribution in [1.29, 1.82) is 0 Å². The van der Waals surface area contributed by atoms with Gasteiger partial charge in [-0.25, -0.2) is 0 Å². The zero-order valence-electron chi connectivity index (χ0n) is 4.76. The van der Waals surface area contributed by atoms with Gasteiger partial charge in [0.15, 0.2) is 0 Å². The highest BCUT2D eigenvalue weighted by Gasteiger charge is 2.23. The topological polar surface area (TPSA) is 18.5 Å². The molecular weight excluding hydrogens is 128 g/mol. The van der Waals surface area contributed by atoms with Crippen molar-refractivity contribution in [1.82, 2.24) is 0 Å². The van der Waals surface area contributed by atoms with Crippen LogP contribution >= 0.6 is 11.6 Å². The van der Waals surface area contributed by atoms with E-state index in [0.29, 0.717) is 12.7 Å². The number of hydrogen-bond donors (Lipinski definition) is 0. The summed E-state index contributed by atoms with van der Waals surface area (Å²) in [6.07, 6.45) is 0.282. The van der Waals surface area contributed by atoms with Gasteiger partial charge in [-0.3, -0.25) is 0 Å². The van der Waals surface area contributed by atoms with Gasteiger partial charge in [0.2, 0.25) is 0 Å². The Bertz CT molecular complexity index is 76.8. The third kappa shape index (κ3) is 1.13. The molecule has 0 aliphatic carbocycles. The van der Waals surface area contributed by atoms with Crippen LogP contribution in [0.3, 0.4) is 0 Å². The smallest absolute Gasteiger partial charge is 0.147 e. The van der Waals surface area contributed by atoms with Gasteiger partial charge in [-0.05, 0) is 6.92 Å². The quantitative estimate of drug-likeness (QED) is 0.501. The number of rotatable bonds is 1. The monoisotopic (exact) mass is 136 g/mol. The van der Waals surface area contributed by atoms with E-state index in [1.165, 1.54) is 0 Å². The molecule has 0 aromatic carbocycles. The standard InChI is InChI=1S/C5H9ClO2/c1-4-5(2-6)8-3-7-4/h4-5H,2-3H2,1H3. The maximum Gasteiger partial charge on any atom is 0.147 e. The second kappa shape index (κ2) is 2.67. The van der Waals surface area contributed by atoms with Crippen LogP contribution in [0.2, 0.25) is 0 Å². The molecule has 0 aromatic heterocycles. The summed E-state index contributed by atoms with van der Waals surface area (Å²) in [7, 11) is 0. The van der Waals surface area contributed by atoms with Crippen molar-refractivity contribution >= 4 is 11.6 Å². The van der Waals surface area contributed by atoms with Gasteiger partial charge in [-0.2, -0.15) is 0 Å². The number of ether oxygens (including phenoxy) is 2. The van der Waals surface area contributed by atoms with E-state index in [0.717, 1.165) is 0 Å². The molecule has 1 saturated heterocycles. The van der Waals surface area contributed by atoms with Crippen molar-refractivity contribution in [3.8, 4) is 0 Å². The lowest BCUT2D eigenvalue weighted by Gasteiger charge is -2.06. The van der Waals surface area contributed by atoms with Gasteiger partial charge in [-0.1, -0.05) is 0 Å². The summed E-state index contributed by atoms with van der Waals surface area (Å²) < 4.78 is 10.1. The first kappa shape index (κ1) is 6.33. The Morgan fingerprint density at radius 2 is 2.38 bits per heavy atom. The van der Waals surface area contributed by atoms with E-state index in [4.69, 9.17) is 21.1 Å². The van der Waals surface area contributed by atoms with Crippen molar-refractivity contribution in [2.75, 3.05) is 12.7 Å². The molecule has 8 heavy (non-hydrogen) atoms. The van der Waals surface area contributed by atoms with Crippen molar-refractivity contribution in [2.24, 2.45) is 0 Å². The summed E-state index contributed by atoms with van der Waals surface area (Å²) in [4.78, 5) is 0. The van der Waals surface area contributed by atoms with Gasteiger partial charge >= 0.3 is 0 Å². The first-order valence-corrected chi connectivity index (χ1v) is 3.17. The van der Waals surface area contributed by atoms with E-state index in [9.17, 15) is 0 Å². The summed E-state index contributed by atoms with van der Waals surface area (Å²) in [5.74, 6) is 0.529. The van der Waals surface area contributed by atoms with Crippen LogP contribution in [0.1, 0.15) is 6.92 Å². The summed E-state index contributed by atoms with van der Waals surface area (Å²) >= 11 is 5.50. The van der Waals surface area contributed by atoms with Gasteiger partial charge < -0.3 is 9.47 Å². The molecule has 0 saturated carbocycles. The van der Waals surface area contributed by atoms with Crippen molar-refractivity contribution in [3.05, 3.63) is 0 Å². The molecule has 3 heteroatoms. The Kier molecular flexibility index (Phi) is 2.11. The number of halogens is 1. The molecule has 2 nitrogen and oxygen atoms in total. The molecule has 0 spiro atoms. The molecule has 0 bridgehead atoms. The fraction of sp³-hybridized carbons (Fsp3) is 1.00. The molecule has 1 rings (SSSR count). The first-order valence-electron chi connectivity index (χ1n) is 2.63. The van der Waals surface area contributed by atoms with Gasteiger partial charge in [-0.15, -0.1) is 11.6 Å². The maximum atomic E-state index is 5.50. The maximum absolute atomic E-state index is 5.50. The zero-order valence-corrected chi connectivity index (χ0v) is 5.52. The molecule has 0 aromatic rings. The Morgan fingerprint density at radius 1 is 1.62 bits per heavy atom. The Hall–Kier alpha value is 0.210. The van der Waals surface area contributed by atoms with Gasteiger partial charge in [0.05, 0.1) is 18.1 Å². The van der Waals surface area contributed by atoms with Crippen LogP contribution in [0.25, 0.3) is 0 Å². The molecule has 1 fully saturated rings. The van der Waals surface area contributed by atoms with Crippen LogP contribution in [0.5, 0.6) is 0 Å². The van der Waals surface area contributed by atoms with Crippen molar-refractivity contribution in [3.63, 3.8) is 0 Å². The van der Waals surface area contributed by atoms with Gasteiger partial charge in [0.25, 0.3) is 0 Å². The average Bonchev–Trinajstić information content (AvgIpc) is 2.14. The Balaban J connectivity index is 2.30. The highest BCUT2D eigenvalue weighted by molar-refractivity contribution is 6.18. The summed E-state index contributed by atoms with van der Waals surface area (Å²) in [5.41, 5.74) is 0. The third-order valence-corrected chi connectivity index (χ3v) is 1.59. The van der Waals surface area contributed by atoms with Crippen LogP contribution in [0, 0.1) is 0 Å². The Labute approximate surface area is 53.7 Å². The van der Waals surface area contributed by atoms with E-state index >= 15 is 0 Å². The minimum Gasteiger partial charge on any atom is -0.350 e. The zero-order chi connectivity index (χ0) is 5.98. The molecular formula is C5H9ClO2. The van der Waals surface area contributed by atoms with Gasteiger partial charge in [0, 0.05) is 0 Å². The second-order valence-corrected chi connectivity index (χ2v) is 2.16. The van der Waals surface area contributed by atoms with Crippen LogP contribution in [0.4, 0.5) is 0 Å². The molecule has 1 aliphatic heterocycles. The normalized spacial score (nSPS) is 38.2. The van der Waals surface area contributed by atoms with Gasteiger partial charge in [0.1, 0.15) is 6.79 Å². The van der Waals surface area contributed by atoms with E-state index in [-0.39, 0.29) is 12.2 Å². The Morgan fingerprint density at radius 3 is 2.62 bits per heavy atom. The lowest BCUT2D eigenvalue weighted by Crippen LogP contribution is -2.20. The first-order chi connectivity index (χ1) is 3.84. The number of alkyl halides is 1. The largest absolute Gasteiger partial charge is 0.350 e. The summed E-state index contributed by atoms with van der Waals surface area (Å²) in [5, 5.41) is 0. The fourth-order valence-corrected chi connectivity index (χ4v) is 0.987. The van der Waals surface area contributed by atoms with Crippen molar-refractivity contribution < 1.29 is 9.47 Å². The fourth-order valence-electron chi connectivity index (χ4n) is 0.647. The van der Waals surface area contributed by atoms with E-state index in [1.54, 1.807) is 0 Å². The lowest BCUT2D eigenvalue weighted by atomic mass is 10.3. The van der Waals surface area contributed by atoms with E-state index in [2.05, 4.69) is 0 Å². The minimum absolute atomic E-state index is 0.108. The predicted octanol–water partition coefficient (Wildman–Crippen LogP) is 0.987. The second-order valence-electron chi connectivity index (χ2n) is 1.85. The summed E-state index contributed by atoms with van der Waals surface area (Å²) in [6.45, 7) is 2.36. The molecule has 48 valence electrons. The molecule has 1 heterocycles. The van der Waals surface area contributed by atoms with E-state index < -0.39 is 0 Å². The predicted molar refractivity (Wildman–Crippen MR) is 31.0 cm³/mol. The van der Waals surface area contributed by atoms with Crippen LogP contribution in [-0.4, -0.2) is 24.9 Å². The van der Waals surface area contributed by atoms with Crippen molar-refractivity contribution in [2.45, 2.75) is 19.1 Å². The summed E-state index contributed by atoms with van der Waals surface area (Å²) in [6, 6.07) is 0. The molecule has 1 aliphatic rings. The van der Waals surface area contributed by atoms with Crippen LogP contribution in [-0.2, 0) is 9.47 Å². The molecule has 0 amide bonds. The molecule has 2 unspecified atom stereocenters. The molecule has 2 atom stereocenters. The average molecular weight is 137 g/mol. The lowest BCUT2D eigenvalue weighted by molar-refractivity contribution is 0.0436. The molecule has 0 radical (unpaired) electrons. The highest BCUT2D eigenvalue weighted by atomic mass is 35.5. The van der Waals surface area contributed by atoms with Crippen LogP contribution in [0.15, 0.2) is 0 Å². The molecule has 0 N–H and O–H groups in total. The van der Waals surface area contributed by atoms with E-state index in [1.807, 2.05) is 6.92 Å². The minimum atomic E-state index is 0.108. The number of hydrogen-bond acceptors (Lipinski definition) is 2. The highest BCUT2D eigenvalue weighted by Crippen LogP contribution is 2.12. The van der Waals surface area contributed by atoms with Crippen LogP contribution < -0.4 is 0 Å². The third-order valence-electron chi connectivity index (χ3n) is 1.29.